The third-order valence-electron chi connectivity index (χ3n) is 3.26. The second kappa shape index (κ2) is 5.17. The number of carbonyl (C=O) groups is 1. The molecule has 1 aromatic rings. The van der Waals surface area contributed by atoms with Gasteiger partial charge in [0.1, 0.15) is 5.56 Å². The molecular formula is C13H18N2O2. The lowest BCUT2D eigenvalue weighted by Gasteiger charge is -2.33. The summed E-state index contributed by atoms with van der Waals surface area (Å²) in [4.78, 5) is 18.4. The molecule has 1 amide bonds. The highest BCUT2D eigenvalue weighted by molar-refractivity contribution is 5.96. The Bertz CT molecular complexity index is 406. The van der Waals surface area contributed by atoms with Gasteiger partial charge in [-0.3, -0.25) is 4.79 Å². The van der Waals surface area contributed by atoms with E-state index in [0.29, 0.717) is 17.5 Å². The van der Waals surface area contributed by atoms with Crippen LogP contribution >= 0.6 is 0 Å². The Labute approximate surface area is 102 Å². The van der Waals surface area contributed by atoms with Crippen LogP contribution in [0.4, 0.5) is 0 Å². The van der Waals surface area contributed by atoms with Gasteiger partial charge >= 0.3 is 0 Å². The molecule has 1 unspecified atom stereocenters. The van der Waals surface area contributed by atoms with E-state index < -0.39 is 0 Å². The van der Waals surface area contributed by atoms with E-state index in [2.05, 4.69) is 11.9 Å². The third kappa shape index (κ3) is 2.40. The molecule has 92 valence electrons. The number of hydrogen-bond donors (Lipinski definition) is 0. The van der Waals surface area contributed by atoms with Crippen molar-refractivity contribution in [3.63, 3.8) is 0 Å². The molecule has 1 aromatic heterocycles. The van der Waals surface area contributed by atoms with Crippen molar-refractivity contribution in [2.24, 2.45) is 0 Å². The van der Waals surface area contributed by atoms with Crippen molar-refractivity contribution < 1.29 is 9.53 Å². The molecule has 4 heteroatoms. The van der Waals surface area contributed by atoms with Gasteiger partial charge in [-0.1, -0.05) is 0 Å². The highest BCUT2D eigenvalue weighted by Crippen LogP contribution is 2.22. The molecule has 4 nitrogen and oxygen atoms in total. The number of methoxy groups -OCH3 is 1. The molecule has 0 aromatic carbocycles. The Morgan fingerprint density at radius 2 is 2.35 bits per heavy atom. The fourth-order valence-corrected chi connectivity index (χ4v) is 2.27. The zero-order chi connectivity index (χ0) is 12.3. The molecule has 0 spiro atoms. The van der Waals surface area contributed by atoms with E-state index in [0.717, 1.165) is 19.4 Å². The SMILES string of the molecule is COc1ncccc1C(=O)N1CCCCC1C. The standard InChI is InChI=1S/C13H18N2O2/c1-10-6-3-4-9-15(10)13(16)11-7-5-8-14-12(11)17-2/h5,7-8,10H,3-4,6,9H2,1-2H3. The van der Waals surface area contributed by atoms with E-state index in [1.807, 2.05) is 4.90 Å². The van der Waals surface area contributed by atoms with Crippen LogP contribution in [0.15, 0.2) is 18.3 Å². The van der Waals surface area contributed by atoms with Crippen molar-refractivity contribution in [1.29, 1.82) is 0 Å². The lowest BCUT2D eigenvalue weighted by Crippen LogP contribution is -2.42. The number of rotatable bonds is 2. The van der Waals surface area contributed by atoms with E-state index in [1.54, 1.807) is 25.4 Å². The first-order valence-corrected chi connectivity index (χ1v) is 6.04. The first-order valence-electron chi connectivity index (χ1n) is 6.04. The summed E-state index contributed by atoms with van der Waals surface area (Å²) in [5, 5.41) is 0. The summed E-state index contributed by atoms with van der Waals surface area (Å²) in [5.41, 5.74) is 0.559. The summed E-state index contributed by atoms with van der Waals surface area (Å²) in [5.74, 6) is 0.442. The van der Waals surface area contributed by atoms with Crippen molar-refractivity contribution in [2.45, 2.75) is 32.2 Å². The highest BCUT2D eigenvalue weighted by atomic mass is 16.5. The van der Waals surface area contributed by atoms with E-state index in [4.69, 9.17) is 4.74 Å². The minimum absolute atomic E-state index is 0.0298. The molecular weight excluding hydrogens is 216 g/mol. The highest BCUT2D eigenvalue weighted by Gasteiger charge is 2.26. The van der Waals surface area contributed by atoms with Crippen LogP contribution < -0.4 is 4.74 Å². The molecule has 0 saturated carbocycles. The molecule has 2 rings (SSSR count). The van der Waals surface area contributed by atoms with Crippen LogP contribution in [0, 0.1) is 0 Å². The van der Waals surface area contributed by atoms with Crippen LogP contribution in [0.5, 0.6) is 5.88 Å². The Hall–Kier alpha value is -1.58. The molecule has 0 aliphatic carbocycles. The summed E-state index contributed by atoms with van der Waals surface area (Å²) in [7, 11) is 1.54. The predicted molar refractivity (Wildman–Crippen MR) is 65.1 cm³/mol. The smallest absolute Gasteiger partial charge is 0.259 e. The van der Waals surface area contributed by atoms with Crippen LogP contribution in [0.3, 0.4) is 0 Å². The van der Waals surface area contributed by atoms with E-state index in [-0.39, 0.29) is 5.91 Å². The average molecular weight is 234 g/mol. The van der Waals surface area contributed by atoms with Crippen molar-refractivity contribution in [2.75, 3.05) is 13.7 Å². The molecule has 1 saturated heterocycles. The van der Waals surface area contributed by atoms with Gasteiger partial charge in [-0.25, -0.2) is 4.98 Å². The minimum Gasteiger partial charge on any atom is -0.480 e. The molecule has 0 N–H and O–H groups in total. The van der Waals surface area contributed by atoms with Crippen LogP contribution in [-0.4, -0.2) is 35.5 Å². The van der Waals surface area contributed by atoms with Gasteiger partial charge in [0.25, 0.3) is 5.91 Å². The number of nitrogens with zero attached hydrogens (tertiary/aromatic N) is 2. The Kier molecular flexibility index (Phi) is 3.61. The predicted octanol–water partition coefficient (Wildman–Crippen LogP) is 2.10. The van der Waals surface area contributed by atoms with Crippen molar-refractivity contribution in [3.8, 4) is 5.88 Å². The maximum atomic E-state index is 12.4. The van der Waals surface area contributed by atoms with Crippen LogP contribution in [0.25, 0.3) is 0 Å². The number of ether oxygens (including phenoxy) is 1. The summed E-state index contributed by atoms with van der Waals surface area (Å²) in [6, 6.07) is 3.85. The van der Waals surface area contributed by atoms with Gasteiger partial charge in [0.2, 0.25) is 5.88 Å². The quantitative estimate of drug-likeness (QED) is 0.787. The number of carbonyl (C=O) groups excluding carboxylic acids is 1. The monoisotopic (exact) mass is 234 g/mol. The summed E-state index contributed by atoms with van der Waals surface area (Å²) >= 11 is 0. The number of hydrogen-bond acceptors (Lipinski definition) is 3. The fraction of sp³-hybridized carbons (Fsp3) is 0.538. The fourth-order valence-electron chi connectivity index (χ4n) is 2.27. The second-order valence-electron chi connectivity index (χ2n) is 4.40. The van der Waals surface area contributed by atoms with Gasteiger partial charge in [-0.15, -0.1) is 0 Å². The van der Waals surface area contributed by atoms with Gasteiger partial charge in [0, 0.05) is 18.8 Å². The zero-order valence-electron chi connectivity index (χ0n) is 10.3. The van der Waals surface area contributed by atoms with Gasteiger partial charge in [0.15, 0.2) is 0 Å². The molecule has 0 radical (unpaired) electrons. The van der Waals surface area contributed by atoms with Crippen LogP contribution in [0.2, 0.25) is 0 Å². The summed E-state index contributed by atoms with van der Waals surface area (Å²) in [6.07, 6.45) is 5.00. The Morgan fingerprint density at radius 1 is 1.53 bits per heavy atom. The largest absolute Gasteiger partial charge is 0.480 e. The van der Waals surface area contributed by atoms with Crippen molar-refractivity contribution >= 4 is 5.91 Å². The number of pyridine rings is 1. The van der Waals surface area contributed by atoms with Crippen LogP contribution in [-0.2, 0) is 0 Å². The lowest BCUT2D eigenvalue weighted by molar-refractivity contribution is 0.0631. The zero-order valence-corrected chi connectivity index (χ0v) is 10.3. The van der Waals surface area contributed by atoms with Crippen molar-refractivity contribution in [3.05, 3.63) is 23.9 Å². The van der Waals surface area contributed by atoms with Gasteiger partial charge in [0.05, 0.1) is 7.11 Å². The minimum atomic E-state index is 0.0298. The maximum Gasteiger partial charge on any atom is 0.259 e. The molecule has 1 atom stereocenters. The molecule has 17 heavy (non-hydrogen) atoms. The normalized spacial score (nSPS) is 20.1. The molecule has 0 bridgehead atoms. The van der Waals surface area contributed by atoms with Crippen molar-refractivity contribution in [1.82, 2.24) is 9.88 Å². The van der Waals surface area contributed by atoms with E-state index >= 15 is 0 Å². The number of aromatic nitrogens is 1. The van der Waals surface area contributed by atoms with Gasteiger partial charge in [-0.05, 0) is 38.3 Å². The third-order valence-corrected chi connectivity index (χ3v) is 3.26. The topological polar surface area (TPSA) is 42.4 Å². The van der Waals surface area contributed by atoms with E-state index in [9.17, 15) is 4.79 Å². The molecule has 1 aliphatic heterocycles. The number of piperidine rings is 1. The molecule has 1 aliphatic rings. The summed E-state index contributed by atoms with van der Waals surface area (Å²) < 4.78 is 5.13. The van der Waals surface area contributed by atoms with Gasteiger partial charge < -0.3 is 9.64 Å². The first kappa shape index (κ1) is 11.9. The average Bonchev–Trinajstić information content (AvgIpc) is 2.38. The summed E-state index contributed by atoms with van der Waals surface area (Å²) in [6.45, 7) is 2.93. The number of amides is 1. The van der Waals surface area contributed by atoms with Crippen LogP contribution in [0.1, 0.15) is 36.5 Å². The van der Waals surface area contributed by atoms with Gasteiger partial charge in [-0.2, -0.15) is 0 Å². The lowest BCUT2D eigenvalue weighted by atomic mass is 10.0. The Morgan fingerprint density at radius 3 is 3.06 bits per heavy atom. The first-order chi connectivity index (χ1) is 8.24. The molecule has 2 heterocycles. The molecule has 1 fully saturated rings. The Balaban J connectivity index is 2.23. The maximum absolute atomic E-state index is 12.4. The second-order valence-corrected chi connectivity index (χ2v) is 4.40. The number of likely N-dealkylation sites (tertiary alicyclic amines) is 1. The van der Waals surface area contributed by atoms with E-state index in [1.165, 1.54) is 6.42 Å².